The number of rotatable bonds is 6. The molecule has 1 aliphatic heterocycles. The molecule has 1 aromatic rings. The first-order valence-corrected chi connectivity index (χ1v) is 14.9. The lowest BCUT2D eigenvalue weighted by molar-refractivity contribution is -0.139. The number of amides is 1. The molecule has 5 atom stereocenters. The summed E-state index contributed by atoms with van der Waals surface area (Å²) in [6.45, 7) is 2.47. The van der Waals surface area contributed by atoms with Crippen LogP contribution in [0.25, 0.3) is 5.76 Å². The molecule has 1 amide bonds. The molecule has 0 bridgehead atoms. The summed E-state index contributed by atoms with van der Waals surface area (Å²) in [7, 11) is 3.13. The molecule has 13 heteroatoms. The summed E-state index contributed by atoms with van der Waals surface area (Å²) in [4.78, 5) is 27.9. The van der Waals surface area contributed by atoms with Crippen LogP contribution in [-0.2, 0) is 33.5 Å². The average Bonchev–Trinajstić information content (AvgIpc) is 3.53. The van der Waals surface area contributed by atoms with E-state index in [1.165, 1.54) is 4.90 Å². The number of nitrogens with one attached hydrogen (secondary N) is 1. The number of phenolic OH excluding ortho intramolecular Hbond substituents is 1. The summed E-state index contributed by atoms with van der Waals surface area (Å²) in [5.41, 5.74) is 0.371. The Balaban J connectivity index is 1.43. The summed E-state index contributed by atoms with van der Waals surface area (Å²) < 4.78 is 49.9. The van der Waals surface area contributed by atoms with Gasteiger partial charge in [0.1, 0.15) is 22.8 Å². The van der Waals surface area contributed by atoms with Crippen molar-refractivity contribution in [3.63, 3.8) is 0 Å². The molecule has 7 N–H and O–H groups in total. The predicted octanol–water partition coefficient (Wildman–Crippen LogP) is 3.20. The first kappa shape index (κ1) is 30.9. The number of hydrogen-bond acceptors (Lipinski definition) is 9. The quantitative estimate of drug-likeness (QED) is 0.261. The molecular weight excluding hydrogens is 583 g/mol. The fraction of sp³-hybridized carbons (Fsp3) is 0.613. The van der Waals surface area contributed by atoms with E-state index in [0.29, 0.717) is 6.54 Å². The molecular formula is C31H38F3N3O7. The average molecular weight is 622 g/mol. The van der Waals surface area contributed by atoms with Crippen LogP contribution < -0.4 is 11.1 Å². The number of epoxide rings is 1. The van der Waals surface area contributed by atoms with Crippen molar-refractivity contribution in [1.29, 1.82) is 0 Å². The summed E-state index contributed by atoms with van der Waals surface area (Å²) in [5.74, 6) is -8.69. The standard InChI is InChI=1S/C31H38F3N3O7/c1-28(7-5-4-6-8-28)13-36-12-15-11-18(38)20-16(21(15)31(32,33)34)9-14-10-17-23(37(2)3)25(40)22(27(35)42)30(43)29(17,44-30)26(41)19(14)24(20)39/h11,14,17,23,36,38-40,43H,4-10,12-13H2,1-3H3,(H2,35,42)/t14-,17-,23-,29-,30?/m0/s1. The summed E-state index contributed by atoms with van der Waals surface area (Å²) in [6, 6.07) is -0.0661. The number of alkyl halides is 3. The van der Waals surface area contributed by atoms with E-state index in [-0.39, 0.29) is 41.5 Å². The highest BCUT2D eigenvalue weighted by Gasteiger charge is 2.86. The van der Waals surface area contributed by atoms with Crippen LogP contribution >= 0.6 is 0 Å². The van der Waals surface area contributed by atoms with E-state index in [9.17, 15) is 43.2 Å². The van der Waals surface area contributed by atoms with Gasteiger partial charge >= 0.3 is 6.18 Å². The molecule has 1 heterocycles. The first-order chi connectivity index (χ1) is 20.5. The Bertz CT molecular complexity index is 1510. The number of likely N-dealkylation sites (N-methyl/N-ethyl adjacent to an activating group) is 1. The Morgan fingerprint density at radius 1 is 1.18 bits per heavy atom. The molecule has 240 valence electrons. The van der Waals surface area contributed by atoms with Crippen molar-refractivity contribution in [2.75, 3.05) is 20.6 Å². The number of ketones is 1. The lowest BCUT2D eigenvalue weighted by Crippen LogP contribution is -2.60. The maximum absolute atomic E-state index is 14.8. The Labute approximate surface area is 252 Å². The number of benzene rings is 1. The van der Waals surface area contributed by atoms with Gasteiger partial charge in [-0.3, -0.25) is 14.5 Å². The number of phenols is 1. The number of hydrogen-bond donors (Lipinski definition) is 6. The van der Waals surface area contributed by atoms with E-state index in [0.717, 1.165) is 38.2 Å². The molecule has 3 fully saturated rings. The second-order valence-electron chi connectivity index (χ2n) is 13.6. The normalized spacial score (nSPS) is 32.6. The molecule has 2 saturated carbocycles. The molecule has 44 heavy (non-hydrogen) atoms. The van der Waals surface area contributed by atoms with Gasteiger partial charge in [0.25, 0.3) is 5.91 Å². The largest absolute Gasteiger partial charge is 0.510 e. The minimum atomic E-state index is -4.84. The van der Waals surface area contributed by atoms with Gasteiger partial charge in [0.15, 0.2) is 5.60 Å². The third-order valence-corrected chi connectivity index (χ3v) is 10.5. The van der Waals surface area contributed by atoms with Gasteiger partial charge in [-0.15, -0.1) is 0 Å². The summed E-state index contributed by atoms with van der Waals surface area (Å²) in [6.07, 6.45) is -0.0420. The number of carbonyl (C=O) groups excluding carboxylic acids is 2. The number of primary amides is 1. The van der Waals surface area contributed by atoms with Crippen molar-refractivity contribution in [3.05, 3.63) is 45.2 Å². The van der Waals surface area contributed by atoms with E-state index in [4.69, 9.17) is 10.5 Å². The third-order valence-electron chi connectivity index (χ3n) is 10.5. The molecule has 0 radical (unpaired) electrons. The van der Waals surface area contributed by atoms with Gasteiger partial charge in [-0.25, -0.2) is 0 Å². The lowest BCUT2D eigenvalue weighted by Gasteiger charge is -2.46. The van der Waals surface area contributed by atoms with E-state index in [1.54, 1.807) is 14.1 Å². The minimum Gasteiger partial charge on any atom is -0.510 e. The number of carbonyl (C=O) groups is 2. The molecule has 1 unspecified atom stereocenters. The second kappa shape index (κ2) is 9.93. The van der Waals surface area contributed by atoms with Crippen LogP contribution in [0.15, 0.2) is 23.0 Å². The number of nitrogens with zero attached hydrogens (tertiary/aromatic N) is 1. The van der Waals surface area contributed by atoms with E-state index in [1.807, 2.05) is 0 Å². The highest BCUT2D eigenvalue weighted by atomic mass is 19.4. The minimum absolute atomic E-state index is 0.0363. The van der Waals surface area contributed by atoms with Crippen molar-refractivity contribution >= 4 is 17.4 Å². The molecule has 5 aliphatic rings. The lowest BCUT2D eigenvalue weighted by atomic mass is 9.58. The summed E-state index contributed by atoms with van der Waals surface area (Å²) >= 11 is 0. The SMILES string of the molecule is CN(C)[C@@H]1C(O)=C(C(N)=O)C2(O)O[C@@]23C(=O)C2=C(O)c4c(O)cc(CNCC5(C)CCCCC5)c(C(F)(F)F)c4C[C@H]2C[C@@H]13. The van der Waals surface area contributed by atoms with Crippen molar-refractivity contribution in [2.24, 2.45) is 23.0 Å². The number of nitrogens with two attached hydrogens (primary N) is 1. The van der Waals surface area contributed by atoms with Crippen LogP contribution in [0.3, 0.4) is 0 Å². The van der Waals surface area contributed by atoms with Crippen molar-refractivity contribution in [1.82, 2.24) is 10.2 Å². The Kier molecular flexibility index (Phi) is 6.97. The fourth-order valence-corrected chi connectivity index (χ4v) is 8.57. The summed E-state index contributed by atoms with van der Waals surface area (Å²) in [5, 5.41) is 47.9. The number of aromatic hydroxyl groups is 1. The van der Waals surface area contributed by atoms with E-state index >= 15 is 0 Å². The van der Waals surface area contributed by atoms with Gasteiger partial charge in [-0.2, -0.15) is 13.2 Å². The zero-order valence-electron chi connectivity index (χ0n) is 24.8. The Morgan fingerprint density at radius 2 is 1.84 bits per heavy atom. The predicted molar refractivity (Wildman–Crippen MR) is 151 cm³/mol. The molecule has 6 rings (SSSR count). The van der Waals surface area contributed by atoms with Crippen LogP contribution in [0.5, 0.6) is 5.75 Å². The van der Waals surface area contributed by atoms with Gasteiger partial charge in [0.05, 0.1) is 17.2 Å². The Hall–Kier alpha value is -3.13. The molecule has 1 spiro atoms. The maximum Gasteiger partial charge on any atom is 0.417 e. The topological polar surface area (TPSA) is 169 Å². The zero-order chi connectivity index (χ0) is 32.1. The smallest absolute Gasteiger partial charge is 0.417 e. The van der Waals surface area contributed by atoms with E-state index in [2.05, 4.69) is 12.2 Å². The number of Topliss-reactive ketones (excluding diaryl/α,β-unsaturated/α-hetero) is 1. The number of aliphatic hydroxyl groups excluding tert-OH is 2. The highest BCUT2D eigenvalue weighted by Crippen LogP contribution is 2.67. The molecule has 4 aliphatic carbocycles. The zero-order valence-corrected chi connectivity index (χ0v) is 24.8. The highest BCUT2D eigenvalue weighted by molar-refractivity contribution is 6.14. The van der Waals surface area contributed by atoms with Crippen LogP contribution in [-0.4, -0.2) is 75.1 Å². The van der Waals surface area contributed by atoms with Crippen LogP contribution in [0, 0.1) is 17.3 Å². The van der Waals surface area contributed by atoms with Crippen molar-refractivity contribution < 1.29 is 47.9 Å². The molecule has 1 aromatic carbocycles. The molecule has 1 saturated heterocycles. The van der Waals surface area contributed by atoms with Crippen molar-refractivity contribution in [3.8, 4) is 5.75 Å². The molecule has 0 aromatic heterocycles. The first-order valence-electron chi connectivity index (χ1n) is 14.9. The van der Waals surface area contributed by atoms with E-state index < -0.39 is 81.1 Å². The monoisotopic (exact) mass is 621 g/mol. The van der Waals surface area contributed by atoms with Gasteiger partial charge in [-0.1, -0.05) is 26.2 Å². The van der Waals surface area contributed by atoms with Gasteiger partial charge in [-0.05, 0) is 68.3 Å². The number of aliphatic hydroxyl groups is 3. The number of halogens is 3. The second-order valence-corrected chi connectivity index (χ2v) is 13.6. The van der Waals surface area contributed by atoms with Crippen LogP contribution in [0.4, 0.5) is 13.2 Å². The van der Waals surface area contributed by atoms with Crippen molar-refractivity contribution in [2.45, 2.75) is 82.0 Å². The number of fused-ring (bicyclic) bond motifs is 2. The number of ether oxygens (including phenoxy) is 1. The van der Waals surface area contributed by atoms with Crippen LogP contribution in [0.2, 0.25) is 0 Å². The fourth-order valence-electron chi connectivity index (χ4n) is 8.57. The maximum atomic E-state index is 14.8. The third kappa shape index (κ3) is 4.22. The van der Waals surface area contributed by atoms with Gasteiger partial charge in [0.2, 0.25) is 11.6 Å². The Morgan fingerprint density at radius 3 is 2.43 bits per heavy atom. The van der Waals surface area contributed by atoms with Gasteiger partial charge in [0, 0.05) is 24.6 Å². The molecule has 10 nitrogen and oxygen atoms in total. The van der Waals surface area contributed by atoms with Gasteiger partial charge < -0.3 is 36.2 Å². The van der Waals surface area contributed by atoms with Crippen LogP contribution in [0.1, 0.15) is 67.7 Å².